The first kappa shape index (κ1) is 96.4. The molecule has 1 aliphatic heterocycles. The number of guanidine groups is 1. The van der Waals surface area contributed by atoms with Crippen molar-refractivity contribution in [3.8, 4) is 5.75 Å². The summed E-state index contributed by atoms with van der Waals surface area (Å²) in [6.07, 6.45) is 1.66. The first-order valence-electron chi connectivity index (χ1n) is 37.0. The number of carbonyl (C=O) groups is 16. The van der Waals surface area contributed by atoms with E-state index in [1.807, 2.05) is 0 Å². The van der Waals surface area contributed by atoms with Crippen LogP contribution in [-0.2, 0) is 89.6 Å². The number of nitrogens with zero attached hydrogens (tertiary/aromatic N) is 1. The zero-order chi connectivity index (χ0) is 84.6. The van der Waals surface area contributed by atoms with E-state index in [9.17, 15) is 102 Å². The number of carboxylic acids is 1. The Hall–Kier alpha value is -10.8. The number of nitrogens with two attached hydrogens (primary N) is 3. The van der Waals surface area contributed by atoms with Crippen molar-refractivity contribution in [3.63, 3.8) is 0 Å². The van der Waals surface area contributed by atoms with Crippen LogP contribution in [0.15, 0.2) is 59.6 Å². The topological polar surface area (TPSA) is 657 Å². The number of hydrogen-bond acceptors (Lipinski definition) is 24. The van der Waals surface area contributed by atoms with Crippen LogP contribution >= 0.6 is 12.6 Å². The summed E-state index contributed by atoms with van der Waals surface area (Å²) in [6, 6.07) is -6.04. The fraction of sp³-hybridized carbons (Fsp3) is 0.592. The molecule has 15 amide bonds. The standard InChI is InChI=1S/C71H112N20O21S/c1-8-37(4)56(91-63(104)46(20-15-27-76-71(73)74)84-68(109)55(36(2)3)90-66(107)51(34-94)87-57(98)38(5)79-53(96)30-77-60(101)44-19-14-26-75-44)69(110)88-50(33-93)65(106)89-52(35-113)67(108)83-45(18-12-13-25-72)62(103)80-40(7)59(100)86-49(32-92)61(102)78-31-54(97)82-47(28-42-21-23-43(95)24-22-42)64(105)81-39(6)58(99)85-48(70(111)112)29-41-16-10-9-11-17-41/h9-11,16-17,21-24,36-40,44-52,55-56,75,92-95,113H,8,12-15,18-20,25-35,72H2,1-7H3,(H,77,101)(H,78,102)(H,79,96)(H,80,103)(H,81,105)(H,82,97)(H,83,108)(H,84,109)(H,85,99)(H,86,100)(H,87,98)(H,88,110)(H,89,106)(H,90,107)(H,91,104)(H,111,112)(H4,73,74,76)/t37-,38-,39-,40-,44-,45-,46-,47-,48-,49-,50-,51-,52-,55-,56-/m0/s1. The number of carboxylic acid groups (broad SMARTS) is 1. The van der Waals surface area contributed by atoms with E-state index in [2.05, 4.69) is 103 Å². The predicted molar refractivity (Wildman–Crippen MR) is 411 cm³/mol. The van der Waals surface area contributed by atoms with Crippen LogP contribution in [0.25, 0.3) is 0 Å². The molecule has 3 rings (SSSR count). The number of amides is 15. The summed E-state index contributed by atoms with van der Waals surface area (Å²) in [6.45, 7) is 6.47. The molecule has 1 saturated heterocycles. The van der Waals surface area contributed by atoms with E-state index in [1.165, 1.54) is 45.0 Å². The molecular weight excluding hydrogens is 1500 g/mol. The number of nitrogens with one attached hydrogen (secondary N) is 16. The van der Waals surface area contributed by atoms with Gasteiger partial charge in [-0.25, -0.2) is 4.79 Å². The van der Waals surface area contributed by atoms with Crippen molar-refractivity contribution < 1.29 is 102 Å². The van der Waals surface area contributed by atoms with Crippen molar-refractivity contribution >= 4 is 113 Å². The van der Waals surface area contributed by atoms with Gasteiger partial charge in [-0.15, -0.1) is 0 Å². The predicted octanol–water partition coefficient (Wildman–Crippen LogP) is -8.60. The van der Waals surface area contributed by atoms with Gasteiger partial charge in [0.15, 0.2) is 5.96 Å². The molecule has 1 aliphatic rings. The summed E-state index contributed by atoms with van der Waals surface area (Å²) < 4.78 is 0. The molecule has 2 aromatic carbocycles. The highest BCUT2D eigenvalue weighted by atomic mass is 32.1. The fourth-order valence-electron chi connectivity index (χ4n) is 11.0. The van der Waals surface area contributed by atoms with Gasteiger partial charge in [0.25, 0.3) is 0 Å². The number of unbranched alkanes of at least 4 members (excludes halogenated alkanes) is 1. The first-order chi connectivity index (χ1) is 53.5. The van der Waals surface area contributed by atoms with Crippen LogP contribution < -0.4 is 102 Å². The highest BCUT2D eigenvalue weighted by Crippen LogP contribution is 2.15. The smallest absolute Gasteiger partial charge is 0.326 e. The number of thiol groups is 1. The number of phenolic OH excluding ortho intramolecular Hbond substituents is 1. The third-order valence-electron chi connectivity index (χ3n) is 17.9. The van der Waals surface area contributed by atoms with Crippen LogP contribution in [-0.4, -0.2) is 269 Å². The highest BCUT2D eigenvalue weighted by molar-refractivity contribution is 7.80. The quantitative estimate of drug-likeness (QED) is 0.0127. The zero-order valence-electron chi connectivity index (χ0n) is 64.3. The second kappa shape index (κ2) is 50.2. The Labute approximate surface area is 658 Å². The lowest BCUT2D eigenvalue weighted by molar-refractivity contribution is -0.142. The van der Waals surface area contributed by atoms with Crippen LogP contribution in [0.1, 0.15) is 111 Å². The number of phenols is 1. The molecule has 0 unspecified atom stereocenters. The Morgan fingerprint density at radius 3 is 1.44 bits per heavy atom. The minimum atomic E-state index is -1.82. The maximum absolute atomic E-state index is 14.3. The molecule has 27 N–H and O–H groups in total. The summed E-state index contributed by atoms with van der Waals surface area (Å²) in [7, 11) is 0. The van der Waals surface area contributed by atoms with Gasteiger partial charge >= 0.3 is 5.97 Å². The minimum Gasteiger partial charge on any atom is -0.508 e. The molecule has 628 valence electrons. The minimum absolute atomic E-state index is 0.0403. The summed E-state index contributed by atoms with van der Waals surface area (Å²) in [5.74, 6) is -17.6. The summed E-state index contributed by atoms with van der Waals surface area (Å²) in [5.41, 5.74) is 17.8. The normalized spacial score (nSPS) is 16.1. The summed E-state index contributed by atoms with van der Waals surface area (Å²) in [4.78, 5) is 219. The van der Waals surface area contributed by atoms with Gasteiger partial charge in [0.05, 0.1) is 39.0 Å². The van der Waals surface area contributed by atoms with Crippen LogP contribution in [0.2, 0.25) is 0 Å². The number of carbonyl (C=O) groups excluding carboxylic acids is 15. The molecule has 0 aromatic heterocycles. The van der Waals surface area contributed by atoms with E-state index in [1.54, 1.807) is 58.0 Å². The average molecular weight is 1610 g/mol. The van der Waals surface area contributed by atoms with Crippen molar-refractivity contribution in [2.45, 2.75) is 197 Å². The number of aliphatic carboxylic acids is 1. The zero-order valence-corrected chi connectivity index (χ0v) is 65.2. The van der Waals surface area contributed by atoms with Gasteiger partial charge in [-0.2, -0.15) is 12.6 Å². The van der Waals surface area contributed by atoms with Crippen LogP contribution in [0.5, 0.6) is 5.75 Å². The maximum atomic E-state index is 14.3. The molecule has 0 bridgehead atoms. The van der Waals surface area contributed by atoms with E-state index in [0.29, 0.717) is 30.5 Å². The number of rotatable bonds is 50. The van der Waals surface area contributed by atoms with Crippen molar-refractivity contribution in [1.29, 1.82) is 0 Å². The van der Waals surface area contributed by atoms with Crippen molar-refractivity contribution in [2.75, 3.05) is 58.3 Å². The third kappa shape index (κ3) is 34.4. The van der Waals surface area contributed by atoms with Crippen LogP contribution in [0.3, 0.4) is 0 Å². The SMILES string of the molecule is CC[C@H](C)[C@H](NC(=O)[C@H](CCCN=C(N)N)NC(=O)[C@@H](NC(=O)[C@H](CO)NC(=O)[C@H](C)NC(=O)CNC(=O)[C@@H]1CCCN1)C(C)C)C(=O)N[C@@H](CO)C(=O)N[C@@H](CS)C(=O)N[C@@H](CCCCN)C(=O)N[C@@H](C)C(=O)N[C@@H](CO)C(=O)NCC(=O)N[C@@H](Cc1ccc(O)cc1)C(=O)N[C@@H](C)C(=O)N[C@@H](Cc1ccccc1)C(=O)O. The molecule has 41 nitrogen and oxygen atoms in total. The fourth-order valence-corrected chi connectivity index (χ4v) is 11.2. The number of benzene rings is 2. The molecular formula is C71H112N20O21S. The molecule has 1 heterocycles. The molecule has 15 atom stereocenters. The number of aromatic hydroxyl groups is 1. The Morgan fingerprint density at radius 1 is 0.487 bits per heavy atom. The lowest BCUT2D eigenvalue weighted by Crippen LogP contribution is -2.62. The van der Waals surface area contributed by atoms with E-state index >= 15 is 0 Å². The van der Waals surface area contributed by atoms with E-state index in [4.69, 9.17) is 17.2 Å². The molecule has 42 heteroatoms. The van der Waals surface area contributed by atoms with E-state index in [-0.39, 0.29) is 69.7 Å². The van der Waals surface area contributed by atoms with Crippen molar-refractivity contribution in [3.05, 3.63) is 65.7 Å². The van der Waals surface area contributed by atoms with Gasteiger partial charge < -0.3 is 128 Å². The Balaban J connectivity index is 1.69. The van der Waals surface area contributed by atoms with Crippen LogP contribution in [0.4, 0.5) is 0 Å². The van der Waals surface area contributed by atoms with Gasteiger partial charge in [-0.3, -0.25) is 76.9 Å². The number of aliphatic hydroxyl groups is 3. The first-order valence-corrected chi connectivity index (χ1v) is 37.6. The van der Waals surface area contributed by atoms with Crippen molar-refractivity contribution in [2.24, 2.45) is 34.0 Å². The Bertz CT molecular complexity index is 3570. The molecule has 0 saturated carbocycles. The summed E-state index contributed by atoms with van der Waals surface area (Å²) >= 11 is 4.22. The lowest BCUT2D eigenvalue weighted by Gasteiger charge is -2.30. The maximum Gasteiger partial charge on any atom is 0.326 e. The average Bonchev–Trinajstić information content (AvgIpc) is 1.19. The lowest BCUT2D eigenvalue weighted by atomic mass is 9.96. The second-order valence-electron chi connectivity index (χ2n) is 27.3. The summed E-state index contributed by atoms with van der Waals surface area (Å²) in [5, 5.41) is 89.7. The van der Waals surface area contributed by atoms with E-state index in [0.717, 1.165) is 6.42 Å². The van der Waals surface area contributed by atoms with Gasteiger partial charge in [0, 0.05) is 25.1 Å². The van der Waals surface area contributed by atoms with Crippen LogP contribution in [0, 0.1) is 11.8 Å². The van der Waals surface area contributed by atoms with Gasteiger partial charge in [0.1, 0.15) is 84.3 Å². The number of aliphatic hydroxyl groups excluding tert-OH is 3. The van der Waals surface area contributed by atoms with Crippen molar-refractivity contribution in [1.82, 2.24) is 85.1 Å². The van der Waals surface area contributed by atoms with Gasteiger partial charge in [-0.1, -0.05) is 76.6 Å². The third-order valence-corrected chi connectivity index (χ3v) is 18.2. The number of aliphatic imine (C=N–C) groups is 1. The van der Waals surface area contributed by atoms with Gasteiger partial charge in [0.2, 0.25) is 88.6 Å². The Morgan fingerprint density at radius 2 is 0.920 bits per heavy atom. The molecule has 0 spiro atoms. The van der Waals surface area contributed by atoms with E-state index < -0.39 is 230 Å². The largest absolute Gasteiger partial charge is 0.508 e. The highest BCUT2D eigenvalue weighted by Gasteiger charge is 2.38. The number of hydrogen-bond donors (Lipinski definition) is 25. The monoisotopic (exact) mass is 1610 g/mol. The molecule has 1 fully saturated rings. The molecule has 2 aromatic rings. The molecule has 0 aliphatic carbocycles. The second-order valence-corrected chi connectivity index (χ2v) is 27.7. The molecule has 113 heavy (non-hydrogen) atoms. The molecule has 0 radical (unpaired) electrons. The Kier molecular flexibility index (Phi) is 42.8. The van der Waals surface area contributed by atoms with Gasteiger partial charge in [-0.05, 0) is 114 Å².